The molecule has 1 aliphatic heterocycles. The number of aliphatic hydroxyl groups is 1. The van der Waals surface area contributed by atoms with Crippen LogP contribution in [0.2, 0.25) is 5.28 Å². The van der Waals surface area contributed by atoms with E-state index in [1.807, 2.05) is 0 Å². The zero-order chi connectivity index (χ0) is 29.4. The summed E-state index contributed by atoms with van der Waals surface area (Å²) < 4.78 is 76.0. The highest BCUT2D eigenvalue weighted by atomic mass is 35.5. The molecule has 3 aromatic rings. The van der Waals surface area contributed by atoms with Crippen LogP contribution in [0.5, 0.6) is 0 Å². The lowest BCUT2D eigenvalue weighted by Crippen LogP contribution is -2.54. The lowest BCUT2D eigenvalue weighted by Gasteiger charge is -2.30. The van der Waals surface area contributed by atoms with Gasteiger partial charge in [0, 0.05) is 6.42 Å². The Morgan fingerprint density at radius 3 is 2.35 bits per heavy atom. The summed E-state index contributed by atoms with van der Waals surface area (Å²) in [5, 5.41) is 10.3. The van der Waals surface area contributed by atoms with Gasteiger partial charge in [0.25, 0.3) is 5.60 Å². The van der Waals surface area contributed by atoms with Crippen molar-refractivity contribution in [3.8, 4) is 0 Å². The van der Waals surface area contributed by atoms with Gasteiger partial charge in [-0.15, -0.1) is 0 Å². The summed E-state index contributed by atoms with van der Waals surface area (Å²) in [6, 6.07) is 3.61. The molecule has 0 bridgehead atoms. The Labute approximate surface area is 227 Å². The lowest BCUT2D eigenvalue weighted by molar-refractivity contribution is -0.194. The van der Waals surface area contributed by atoms with Gasteiger partial charge in [-0.2, -0.15) is 23.1 Å². The number of esters is 2. The van der Waals surface area contributed by atoms with Gasteiger partial charge < -0.3 is 29.8 Å². The van der Waals surface area contributed by atoms with Crippen molar-refractivity contribution in [1.29, 1.82) is 0 Å². The molecule has 17 heteroatoms. The number of anilines is 1. The third-order valence-corrected chi connectivity index (χ3v) is 6.42. The van der Waals surface area contributed by atoms with Gasteiger partial charge in [-0.3, -0.25) is 4.57 Å². The molecule has 12 nitrogen and oxygen atoms in total. The normalized spacial score (nSPS) is 21.5. The number of hydrogen-bond acceptors (Lipinski definition) is 11. The smallest absolute Gasteiger partial charge is 0.416 e. The minimum Gasteiger partial charge on any atom is -0.466 e. The zero-order valence-electron chi connectivity index (χ0n) is 20.8. The number of fused-ring (bicyclic) bond motifs is 1. The first kappa shape index (κ1) is 29.4. The molecule has 0 amide bonds. The number of nitrogens with two attached hydrogens (primary N) is 1. The molecule has 3 N–H and O–H groups in total. The minimum atomic E-state index is -4.62. The van der Waals surface area contributed by atoms with Crippen molar-refractivity contribution in [2.75, 3.05) is 26.6 Å². The first-order chi connectivity index (χ1) is 18.8. The second-order valence-electron chi connectivity index (χ2n) is 8.69. The number of rotatable bonds is 8. The van der Waals surface area contributed by atoms with Crippen LogP contribution >= 0.6 is 11.6 Å². The van der Waals surface area contributed by atoms with Crippen LogP contribution in [-0.2, 0) is 41.1 Å². The van der Waals surface area contributed by atoms with Crippen LogP contribution in [0.3, 0.4) is 0 Å². The van der Waals surface area contributed by atoms with Crippen LogP contribution in [0.1, 0.15) is 17.4 Å². The van der Waals surface area contributed by atoms with E-state index >= 15 is 4.39 Å². The van der Waals surface area contributed by atoms with Crippen LogP contribution < -0.4 is 5.73 Å². The van der Waals surface area contributed by atoms with E-state index in [2.05, 4.69) is 15.0 Å². The topological polar surface area (TPSA) is 161 Å². The molecule has 1 saturated heterocycles. The number of benzene rings is 1. The van der Waals surface area contributed by atoms with Gasteiger partial charge >= 0.3 is 18.1 Å². The van der Waals surface area contributed by atoms with E-state index in [4.69, 9.17) is 36.3 Å². The number of hydrogen-bond donors (Lipinski definition) is 2. The molecule has 0 spiro atoms. The molecule has 4 rings (SSSR count). The van der Waals surface area contributed by atoms with Gasteiger partial charge in [-0.25, -0.2) is 19.0 Å². The molecule has 1 aliphatic rings. The Balaban J connectivity index is 1.60. The maximum Gasteiger partial charge on any atom is 0.416 e. The third kappa shape index (κ3) is 5.39. The molecular weight excluding hydrogens is 570 g/mol. The molecule has 0 aliphatic carbocycles. The van der Waals surface area contributed by atoms with E-state index in [-0.39, 0.29) is 27.8 Å². The fourth-order valence-electron chi connectivity index (χ4n) is 4.21. The second-order valence-corrected chi connectivity index (χ2v) is 9.03. The molecule has 216 valence electrons. The quantitative estimate of drug-likeness (QED) is 0.171. The third-order valence-electron chi connectivity index (χ3n) is 6.25. The van der Waals surface area contributed by atoms with Crippen molar-refractivity contribution in [2.45, 2.75) is 42.8 Å². The highest BCUT2D eigenvalue weighted by molar-refractivity contribution is 6.28. The molecule has 3 heterocycles. The monoisotopic (exact) mass is 591 g/mol. The predicted octanol–water partition coefficient (Wildman–Crippen LogP) is 2.02. The van der Waals surface area contributed by atoms with Crippen molar-refractivity contribution in [2.24, 2.45) is 0 Å². The predicted molar refractivity (Wildman–Crippen MR) is 127 cm³/mol. The van der Waals surface area contributed by atoms with Crippen LogP contribution in [0.4, 0.5) is 23.4 Å². The molecule has 1 aromatic carbocycles. The summed E-state index contributed by atoms with van der Waals surface area (Å²) in [6.07, 6.45) is -10.9. The molecule has 40 heavy (non-hydrogen) atoms. The first-order valence-corrected chi connectivity index (χ1v) is 11.8. The zero-order valence-corrected chi connectivity index (χ0v) is 21.5. The van der Waals surface area contributed by atoms with E-state index in [0.29, 0.717) is 0 Å². The van der Waals surface area contributed by atoms with Gasteiger partial charge in [-0.1, -0.05) is 12.1 Å². The van der Waals surface area contributed by atoms with Crippen molar-refractivity contribution in [3.05, 3.63) is 47.0 Å². The fraction of sp³-hybridized carbons (Fsp3) is 0.435. The summed E-state index contributed by atoms with van der Waals surface area (Å²) in [6.45, 7) is -0.743. The van der Waals surface area contributed by atoms with Gasteiger partial charge in [0.2, 0.25) is 5.28 Å². The van der Waals surface area contributed by atoms with E-state index in [9.17, 15) is 27.9 Å². The van der Waals surface area contributed by atoms with Crippen LogP contribution in [0, 0.1) is 0 Å². The standard InChI is InChI=1S/C23H22ClF4N5O7/c1-37-19(35)22(20(36)38-2,7-10-3-5-11(6-4-10)23(26,27)28)39-8-12-15(34)13(25)18(40-12)33-9-30-14-16(29)31-21(24)32-17(14)33/h3-6,9,12-13,15,18,34H,7-8H2,1-2H3,(H2,29,31,32)/t12-,13+,15-,18-/m1/s1. The van der Waals surface area contributed by atoms with Crippen molar-refractivity contribution < 1.29 is 51.2 Å². The van der Waals surface area contributed by atoms with Crippen LogP contribution in [0.25, 0.3) is 11.2 Å². The average Bonchev–Trinajstić information content (AvgIpc) is 3.45. The average molecular weight is 592 g/mol. The highest BCUT2D eigenvalue weighted by Crippen LogP contribution is 2.36. The van der Waals surface area contributed by atoms with Gasteiger partial charge in [0.1, 0.15) is 17.7 Å². The fourth-order valence-corrected chi connectivity index (χ4v) is 4.38. The number of ether oxygens (including phenoxy) is 4. The Bertz CT molecular complexity index is 1390. The van der Waals surface area contributed by atoms with Crippen LogP contribution in [0.15, 0.2) is 30.6 Å². The summed E-state index contributed by atoms with van der Waals surface area (Å²) >= 11 is 5.85. The molecular formula is C23H22ClF4N5O7. The van der Waals surface area contributed by atoms with E-state index in [1.54, 1.807) is 0 Å². The van der Waals surface area contributed by atoms with Gasteiger partial charge in [0.15, 0.2) is 23.9 Å². The molecule has 1 fully saturated rings. The Morgan fingerprint density at radius 1 is 1.15 bits per heavy atom. The van der Waals surface area contributed by atoms with E-state index in [1.165, 1.54) is 0 Å². The number of methoxy groups -OCH3 is 2. The number of nitrogen functional groups attached to an aromatic ring is 1. The Hall–Kier alpha value is -3.60. The van der Waals surface area contributed by atoms with Gasteiger partial charge in [-0.05, 0) is 29.3 Å². The number of carbonyl (C=O) groups excluding carboxylic acids is 2. The molecule has 0 unspecified atom stereocenters. The number of aliphatic hydroxyl groups excluding tert-OH is 1. The summed E-state index contributed by atoms with van der Waals surface area (Å²) in [4.78, 5) is 37.4. The number of aromatic nitrogens is 4. The van der Waals surface area contributed by atoms with E-state index in [0.717, 1.165) is 49.4 Å². The van der Waals surface area contributed by atoms with E-state index < -0.39 is 66.9 Å². The van der Waals surface area contributed by atoms with Crippen molar-refractivity contribution in [3.63, 3.8) is 0 Å². The first-order valence-electron chi connectivity index (χ1n) is 11.4. The second kappa shape index (κ2) is 11.1. The Kier molecular flexibility index (Phi) is 8.16. The Morgan fingerprint density at radius 2 is 1.77 bits per heavy atom. The summed E-state index contributed by atoms with van der Waals surface area (Å²) in [5.74, 6) is -2.57. The highest BCUT2D eigenvalue weighted by Gasteiger charge is 2.53. The van der Waals surface area contributed by atoms with Crippen LogP contribution in [-0.4, -0.2) is 81.4 Å². The number of halogens is 5. The largest absolute Gasteiger partial charge is 0.466 e. The summed E-state index contributed by atoms with van der Waals surface area (Å²) in [5.41, 5.74) is 2.47. The maximum atomic E-state index is 15.2. The minimum absolute atomic E-state index is 0.0136. The summed E-state index contributed by atoms with van der Waals surface area (Å²) in [7, 11) is 1.90. The SMILES string of the molecule is COC(=O)C(Cc1ccc(C(F)(F)F)cc1)(OC[C@H]1O[C@@H](n2cnc3c(N)nc(Cl)nc32)[C@@H](F)[C@@H]1O)C(=O)OC. The number of alkyl halides is 4. The molecule has 2 aromatic heterocycles. The maximum absolute atomic E-state index is 15.2. The number of carbonyl (C=O) groups is 2. The number of nitrogens with zero attached hydrogens (tertiary/aromatic N) is 4. The van der Waals surface area contributed by atoms with Gasteiger partial charge in [0.05, 0.1) is 32.7 Å². The lowest BCUT2D eigenvalue weighted by atomic mass is 9.93. The number of imidazole rings is 1. The molecule has 4 atom stereocenters. The molecule has 0 saturated carbocycles. The molecule has 0 radical (unpaired) electrons. The van der Waals surface area contributed by atoms with Crippen molar-refractivity contribution in [1.82, 2.24) is 19.5 Å². The van der Waals surface area contributed by atoms with Crippen molar-refractivity contribution >= 4 is 40.5 Å².